The maximum Gasteiger partial charge on any atom is 0.268 e. The van der Waals surface area contributed by atoms with Gasteiger partial charge in [0.15, 0.2) is 0 Å². The summed E-state index contributed by atoms with van der Waals surface area (Å²) < 4.78 is 29.3. The number of likely N-dealkylation sites (tertiary alicyclic amines) is 1. The van der Waals surface area contributed by atoms with Gasteiger partial charge in [0.25, 0.3) is 10.0 Å². The first kappa shape index (κ1) is 27.6. The van der Waals surface area contributed by atoms with E-state index in [0.717, 1.165) is 46.6 Å². The Hall–Kier alpha value is -3.41. The fraction of sp³-hybridized carbons (Fsp3) is 0.400. The van der Waals surface area contributed by atoms with E-state index >= 15 is 0 Å². The Bertz CT molecular complexity index is 1530. The Balaban J connectivity index is 1.93. The van der Waals surface area contributed by atoms with Gasteiger partial charge in [-0.25, -0.2) is 12.4 Å². The van der Waals surface area contributed by atoms with Crippen LogP contribution in [0.25, 0.3) is 10.9 Å². The maximum absolute atomic E-state index is 14.1. The lowest BCUT2D eigenvalue weighted by atomic mass is 9.86. The summed E-state index contributed by atoms with van der Waals surface area (Å²) in [6, 6.07) is 14.6. The third-order valence-electron chi connectivity index (χ3n) is 7.39. The van der Waals surface area contributed by atoms with E-state index in [-0.39, 0.29) is 16.2 Å². The number of ketones is 1. The van der Waals surface area contributed by atoms with Crippen molar-refractivity contribution in [3.05, 3.63) is 76.6 Å². The first-order chi connectivity index (χ1) is 17.9. The molecule has 0 atom stereocenters. The molecule has 2 heterocycles. The molecular formula is C30H36N4O3S. The fourth-order valence-corrected chi connectivity index (χ4v) is 6.80. The van der Waals surface area contributed by atoms with E-state index in [0.29, 0.717) is 22.9 Å². The van der Waals surface area contributed by atoms with Crippen molar-refractivity contribution < 1.29 is 13.2 Å². The number of Topliss-reactive ketones (excluding diaryl/α,β-unsaturated/α-hetero) is 1. The Kier molecular flexibility index (Phi) is 7.82. The van der Waals surface area contributed by atoms with E-state index in [4.69, 9.17) is 0 Å². The van der Waals surface area contributed by atoms with Crippen LogP contribution in [0, 0.1) is 25.2 Å². The Morgan fingerprint density at radius 3 is 2.26 bits per heavy atom. The quantitative estimate of drug-likeness (QED) is 0.235. The fourth-order valence-electron chi connectivity index (χ4n) is 5.30. The lowest BCUT2D eigenvalue weighted by Crippen LogP contribution is -2.37. The van der Waals surface area contributed by atoms with E-state index in [2.05, 4.69) is 18.7 Å². The van der Waals surface area contributed by atoms with Gasteiger partial charge >= 0.3 is 0 Å². The molecule has 0 saturated carbocycles. The van der Waals surface area contributed by atoms with E-state index in [9.17, 15) is 18.5 Å². The molecule has 1 fully saturated rings. The van der Waals surface area contributed by atoms with Gasteiger partial charge < -0.3 is 9.80 Å². The van der Waals surface area contributed by atoms with Crippen LogP contribution in [0.3, 0.4) is 0 Å². The van der Waals surface area contributed by atoms with Crippen LogP contribution in [-0.4, -0.2) is 61.2 Å². The summed E-state index contributed by atoms with van der Waals surface area (Å²) in [6.45, 7) is 10.3. The highest BCUT2D eigenvalue weighted by atomic mass is 32.2. The summed E-state index contributed by atoms with van der Waals surface area (Å²) in [6.07, 6.45) is 3.40. The highest BCUT2D eigenvalue weighted by Gasteiger charge is 2.30. The van der Waals surface area contributed by atoms with Crippen molar-refractivity contribution in [2.24, 2.45) is 0 Å². The average molecular weight is 533 g/mol. The lowest BCUT2D eigenvalue weighted by molar-refractivity contribution is 0.103. The molecule has 38 heavy (non-hydrogen) atoms. The topological polar surface area (TPSA) is 86.4 Å². The molecule has 1 aliphatic heterocycles. The third-order valence-corrected chi connectivity index (χ3v) is 9.13. The minimum atomic E-state index is -4.13. The van der Waals surface area contributed by atoms with Crippen LogP contribution in [0.15, 0.2) is 59.1 Å². The number of aryl methyl sites for hydroxylation is 2. The monoisotopic (exact) mass is 532 g/mol. The molecule has 0 bridgehead atoms. The largest absolute Gasteiger partial charge is 0.382 e. The predicted octanol–water partition coefficient (Wildman–Crippen LogP) is 5.23. The molecule has 1 aliphatic rings. The highest BCUT2D eigenvalue weighted by molar-refractivity contribution is 7.90. The zero-order valence-corrected chi connectivity index (χ0v) is 23.8. The summed E-state index contributed by atoms with van der Waals surface area (Å²) in [5.74, 6) is -0.320. The second-order valence-electron chi connectivity index (χ2n) is 10.7. The van der Waals surface area contributed by atoms with Crippen LogP contribution in [0.5, 0.6) is 0 Å². The van der Waals surface area contributed by atoms with Crippen molar-refractivity contribution >= 4 is 26.7 Å². The van der Waals surface area contributed by atoms with Crippen molar-refractivity contribution in [3.63, 3.8) is 0 Å². The smallest absolute Gasteiger partial charge is 0.268 e. The van der Waals surface area contributed by atoms with Gasteiger partial charge in [-0.2, -0.15) is 5.26 Å². The molecular weight excluding hydrogens is 496 g/mol. The molecule has 0 aliphatic carbocycles. The molecule has 0 amide bonds. The van der Waals surface area contributed by atoms with Gasteiger partial charge in [-0.1, -0.05) is 17.7 Å². The Morgan fingerprint density at radius 2 is 1.71 bits per heavy atom. The highest BCUT2D eigenvalue weighted by Crippen LogP contribution is 2.36. The second-order valence-corrected chi connectivity index (χ2v) is 12.5. The molecule has 1 aromatic heterocycles. The number of carbonyl (C=O) groups is 1. The molecule has 2 aromatic carbocycles. The zero-order valence-electron chi connectivity index (χ0n) is 23.0. The Labute approximate surface area is 226 Å². The third kappa shape index (κ3) is 5.27. The second kappa shape index (κ2) is 10.8. The minimum absolute atomic E-state index is 0.0404. The molecule has 1 saturated heterocycles. The number of benzene rings is 2. The number of nitriles is 1. The minimum Gasteiger partial charge on any atom is -0.382 e. The molecule has 0 unspecified atom stereocenters. The SMILES string of the molecule is Cc1ccc(S(=O)(=O)n2c(C(=O)C(C#N)=CN(C)C)cc3cc(C)c(C4CCN(C(C)C)CC4)cc32)cc1. The first-order valence-electron chi connectivity index (χ1n) is 13.0. The Morgan fingerprint density at radius 1 is 1.08 bits per heavy atom. The lowest BCUT2D eigenvalue weighted by Gasteiger charge is -2.35. The summed E-state index contributed by atoms with van der Waals surface area (Å²) in [4.78, 5) is 17.8. The van der Waals surface area contributed by atoms with Crippen LogP contribution in [0.1, 0.15) is 59.8 Å². The van der Waals surface area contributed by atoms with Gasteiger partial charge in [0, 0.05) is 31.7 Å². The van der Waals surface area contributed by atoms with E-state index < -0.39 is 15.8 Å². The van der Waals surface area contributed by atoms with Crippen LogP contribution < -0.4 is 0 Å². The van der Waals surface area contributed by atoms with E-state index in [1.165, 1.54) is 6.20 Å². The standard InChI is InChI=1S/C30H36N4O3S/c1-20(2)33-13-11-23(12-14-33)27-17-28-24(15-22(27)4)16-29(30(35)25(18-31)19-32(5)6)34(28)38(36,37)26-9-7-21(3)8-10-26/h7-10,15-17,19-20,23H,11-14H2,1-6H3. The van der Waals surface area contributed by atoms with Gasteiger partial charge in [0.05, 0.1) is 10.4 Å². The van der Waals surface area contributed by atoms with E-state index in [1.54, 1.807) is 49.3 Å². The zero-order chi connectivity index (χ0) is 27.8. The van der Waals surface area contributed by atoms with E-state index in [1.807, 2.05) is 32.0 Å². The number of aromatic nitrogens is 1. The number of hydrogen-bond acceptors (Lipinski definition) is 6. The molecule has 0 spiro atoms. The predicted molar refractivity (Wildman–Crippen MR) is 151 cm³/mol. The van der Waals surface area contributed by atoms with Crippen LogP contribution in [0.2, 0.25) is 0 Å². The van der Waals surface area contributed by atoms with Crippen molar-refractivity contribution in [1.82, 2.24) is 13.8 Å². The summed E-state index contributed by atoms with van der Waals surface area (Å²) in [7, 11) is -0.704. The number of hydrogen-bond donors (Lipinski definition) is 0. The van der Waals surface area contributed by atoms with Crippen molar-refractivity contribution in [2.45, 2.75) is 57.4 Å². The summed E-state index contributed by atoms with van der Waals surface area (Å²) >= 11 is 0. The number of piperidine rings is 1. The number of carbonyl (C=O) groups excluding carboxylic acids is 1. The molecule has 0 radical (unpaired) electrons. The molecule has 0 N–H and O–H groups in total. The number of fused-ring (bicyclic) bond motifs is 1. The van der Waals surface area contributed by atoms with Gasteiger partial charge in [0.1, 0.15) is 17.3 Å². The van der Waals surface area contributed by atoms with Crippen LogP contribution >= 0.6 is 0 Å². The summed E-state index contributed by atoms with van der Waals surface area (Å²) in [5, 5.41) is 10.4. The molecule has 200 valence electrons. The molecule has 8 heteroatoms. The summed E-state index contributed by atoms with van der Waals surface area (Å²) in [5.41, 5.74) is 3.42. The maximum atomic E-state index is 14.1. The first-order valence-corrected chi connectivity index (χ1v) is 14.4. The number of allylic oxidation sites excluding steroid dienone is 1. The van der Waals surface area contributed by atoms with Crippen molar-refractivity contribution in [1.29, 1.82) is 5.26 Å². The van der Waals surface area contributed by atoms with Crippen LogP contribution in [0.4, 0.5) is 0 Å². The number of rotatable bonds is 7. The van der Waals surface area contributed by atoms with Crippen molar-refractivity contribution in [3.8, 4) is 6.07 Å². The molecule has 7 nitrogen and oxygen atoms in total. The van der Waals surface area contributed by atoms with Gasteiger partial charge in [-0.15, -0.1) is 0 Å². The van der Waals surface area contributed by atoms with Crippen LogP contribution in [-0.2, 0) is 10.0 Å². The normalized spacial score (nSPS) is 15.7. The van der Waals surface area contributed by atoms with Gasteiger partial charge in [0.2, 0.25) is 5.78 Å². The van der Waals surface area contributed by atoms with Gasteiger partial charge in [-0.3, -0.25) is 4.79 Å². The van der Waals surface area contributed by atoms with Crippen molar-refractivity contribution in [2.75, 3.05) is 27.2 Å². The molecule has 4 rings (SSSR count). The average Bonchev–Trinajstić information content (AvgIpc) is 3.25. The van der Waals surface area contributed by atoms with Gasteiger partial charge in [-0.05, 0) is 101 Å². The number of nitrogens with zero attached hydrogens (tertiary/aromatic N) is 4. The molecule has 3 aromatic rings.